The summed E-state index contributed by atoms with van der Waals surface area (Å²) in [6, 6.07) is 7.62. The van der Waals surface area contributed by atoms with Crippen molar-refractivity contribution < 1.29 is 14.3 Å². The molecule has 0 radical (unpaired) electrons. The molecule has 0 saturated carbocycles. The molecule has 0 aliphatic heterocycles. The lowest BCUT2D eigenvalue weighted by Crippen LogP contribution is -2.39. The molecule has 0 heterocycles. The summed E-state index contributed by atoms with van der Waals surface area (Å²) >= 11 is 0. The van der Waals surface area contributed by atoms with Crippen LogP contribution in [0.2, 0.25) is 0 Å². The molecule has 1 rings (SSSR count). The lowest BCUT2D eigenvalue weighted by molar-refractivity contribution is -0.131. The first-order valence-corrected chi connectivity index (χ1v) is 7.40. The third kappa shape index (κ3) is 6.54. The number of carbonyl (C=O) groups excluding carboxylic acids is 1. The lowest BCUT2D eigenvalue weighted by atomic mass is 10.2. The number of ether oxygens (including phenoxy) is 2. The van der Waals surface area contributed by atoms with Crippen molar-refractivity contribution >= 4 is 18.3 Å². The smallest absolute Gasteiger partial charge is 0.222 e. The zero-order valence-corrected chi connectivity index (χ0v) is 14.4. The van der Waals surface area contributed by atoms with Gasteiger partial charge in [0.2, 0.25) is 5.91 Å². The van der Waals surface area contributed by atoms with Crippen molar-refractivity contribution in [2.45, 2.75) is 32.7 Å². The average Bonchev–Trinajstić information content (AvgIpc) is 2.51. The van der Waals surface area contributed by atoms with Gasteiger partial charge in [0, 0.05) is 26.1 Å². The first-order chi connectivity index (χ1) is 10.1. The highest BCUT2D eigenvalue weighted by atomic mass is 35.5. The molecular weight excluding hydrogens is 304 g/mol. The minimum atomic E-state index is 0. The van der Waals surface area contributed by atoms with Gasteiger partial charge in [0.15, 0.2) is 11.5 Å². The Bertz CT molecular complexity index is 443. The summed E-state index contributed by atoms with van der Waals surface area (Å²) in [5.41, 5.74) is 5.55. The molecule has 0 aromatic heterocycles. The van der Waals surface area contributed by atoms with E-state index in [4.69, 9.17) is 15.2 Å². The van der Waals surface area contributed by atoms with Gasteiger partial charge in [-0.05, 0) is 32.4 Å². The molecule has 0 saturated heterocycles. The predicted molar refractivity (Wildman–Crippen MR) is 90.9 cm³/mol. The van der Waals surface area contributed by atoms with Crippen molar-refractivity contribution in [3.63, 3.8) is 0 Å². The van der Waals surface area contributed by atoms with Gasteiger partial charge >= 0.3 is 0 Å². The number of nitrogens with zero attached hydrogens (tertiary/aromatic N) is 1. The molecule has 0 bridgehead atoms. The highest BCUT2D eigenvalue weighted by Gasteiger charge is 2.13. The second-order valence-corrected chi connectivity index (χ2v) is 4.92. The summed E-state index contributed by atoms with van der Waals surface area (Å²) in [5, 5.41) is 0. The fourth-order valence-corrected chi connectivity index (χ4v) is 1.83. The van der Waals surface area contributed by atoms with Crippen LogP contribution < -0.4 is 15.2 Å². The monoisotopic (exact) mass is 330 g/mol. The van der Waals surface area contributed by atoms with E-state index in [1.54, 1.807) is 11.9 Å². The van der Waals surface area contributed by atoms with Gasteiger partial charge in [-0.25, -0.2) is 0 Å². The number of benzene rings is 1. The van der Waals surface area contributed by atoms with Crippen LogP contribution in [0, 0.1) is 0 Å². The molecule has 126 valence electrons. The maximum absolute atomic E-state index is 11.9. The first-order valence-electron chi connectivity index (χ1n) is 7.40. The Labute approximate surface area is 139 Å². The van der Waals surface area contributed by atoms with Gasteiger partial charge in [-0.2, -0.15) is 0 Å². The van der Waals surface area contributed by atoms with Gasteiger partial charge in [0.25, 0.3) is 0 Å². The molecule has 1 atom stereocenters. The predicted octanol–water partition coefficient (Wildman–Crippen LogP) is 2.47. The second-order valence-electron chi connectivity index (χ2n) is 4.92. The van der Waals surface area contributed by atoms with Gasteiger partial charge < -0.3 is 20.1 Å². The Balaban J connectivity index is 0.00000441. The second kappa shape index (κ2) is 11.2. The molecule has 1 aromatic carbocycles. The molecule has 1 unspecified atom stereocenters. The molecule has 6 heteroatoms. The summed E-state index contributed by atoms with van der Waals surface area (Å²) < 4.78 is 11.2. The molecule has 5 nitrogen and oxygen atoms in total. The van der Waals surface area contributed by atoms with Gasteiger partial charge in [0.05, 0.1) is 13.2 Å². The summed E-state index contributed by atoms with van der Waals surface area (Å²) in [4.78, 5) is 13.6. The number of rotatable bonds is 9. The largest absolute Gasteiger partial charge is 0.490 e. The average molecular weight is 331 g/mol. The topological polar surface area (TPSA) is 64.8 Å². The summed E-state index contributed by atoms with van der Waals surface area (Å²) in [7, 11) is 1.78. The SMILES string of the molecule is CCOc1ccccc1OCCCC(=O)N(C)C(C)CN.Cl. The molecule has 0 fully saturated rings. The van der Waals surface area contributed by atoms with E-state index >= 15 is 0 Å². The Morgan fingerprint density at radius 2 is 1.86 bits per heavy atom. The van der Waals surface area contributed by atoms with Crippen molar-refractivity contribution in [1.82, 2.24) is 4.90 Å². The minimum absolute atomic E-state index is 0. The van der Waals surface area contributed by atoms with Crippen LogP contribution in [0.1, 0.15) is 26.7 Å². The molecule has 2 N–H and O–H groups in total. The maximum atomic E-state index is 11.9. The molecule has 0 aliphatic carbocycles. The van der Waals surface area contributed by atoms with Crippen LogP contribution in [0.3, 0.4) is 0 Å². The minimum Gasteiger partial charge on any atom is -0.490 e. The first kappa shape index (κ1) is 20.5. The molecule has 0 spiro atoms. The molecule has 1 amide bonds. The van der Waals surface area contributed by atoms with E-state index in [1.165, 1.54) is 0 Å². The Morgan fingerprint density at radius 3 is 2.41 bits per heavy atom. The Hall–Kier alpha value is -1.46. The summed E-state index contributed by atoms with van der Waals surface area (Å²) in [5.74, 6) is 1.55. The zero-order valence-electron chi connectivity index (χ0n) is 13.6. The number of amides is 1. The number of likely N-dealkylation sites (N-methyl/N-ethyl adjacent to an activating group) is 1. The van der Waals surface area contributed by atoms with E-state index in [-0.39, 0.29) is 24.4 Å². The van der Waals surface area contributed by atoms with Crippen LogP contribution in [0.15, 0.2) is 24.3 Å². The fourth-order valence-electron chi connectivity index (χ4n) is 1.83. The molecular formula is C16H27ClN2O3. The van der Waals surface area contributed by atoms with Crippen LogP contribution in [0.5, 0.6) is 11.5 Å². The van der Waals surface area contributed by atoms with E-state index in [0.717, 1.165) is 11.5 Å². The van der Waals surface area contributed by atoms with Gasteiger partial charge in [-0.3, -0.25) is 4.79 Å². The fraction of sp³-hybridized carbons (Fsp3) is 0.562. The third-order valence-electron chi connectivity index (χ3n) is 3.34. The Kier molecular flexibility index (Phi) is 10.4. The van der Waals surface area contributed by atoms with Crippen molar-refractivity contribution in [1.29, 1.82) is 0 Å². The molecule has 22 heavy (non-hydrogen) atoms. The number of carbonyl (C=O) groups is 1. The van der Waals surface area contributed by atoms with Crippen LogP contribution in [0.25, 0.3) is 0 Å². The number of para-hydroxylation sites is 2. The van der Waals surface area contributed by atoms with Gasteiger partial charge in [-0.1, -0.05) is 12.1 Å². The van der Waals surface area contributed by atoms with E-state index in [1.807, 2.05) is 38.1 Å². The molecule has 1 aromatic rings. The van der Waals surface area contributed by atoms with Crippen molar-refractivity contribution in [2.24, 2.45) is 5.73 Å². The van der Waals surface area contributed by atoms with Crippen LogP contribution in [-0.2, 0) is 4.79 Å². The standard InChI is InChI=1S/C16H26N2O3.ClH/c1-4-20-14-8-5-6-9-15(14)21-11-7-10-16(19)18(3)13(2)12-17;/h5-6,8-9,13H,4,7,10-12,17H2,1-3H3;1H. The molecule has 0 aliphatic rings. The number of hydrogen-bond acceptors (Lipinski definition) is 4. The summed E-state index contributed by atoms with van der Waals surface area (Å²) in [6.07, 6.45) is 1.12. The Morgan fingerprint density at radius 1 is 1.27 bits per heavy atom. The maximum Gasteiger partial charge on any atom is 0.222 e. The highest BCUT2D eigenvalue weighted by molar-refractivity contribution is 5.85. The normalized spacial score (nSPS) is 11.3. The van der Waals surface area contributed by atoms with Crippen molar-refractivity contribution in [3.8, 4) is 11.5 Å². The lowest BCUT2D eigenvalue weighted by Gasteiger charge is -2.23. The van der Waals surface area contributed by atoms with Crippen LogP contribution in [-0.4, -0.2) is 43.7 Å². The van der Waals surface area contributed by atoms with Gasteiger partial charge in [0.1, 0.15) is 0 Å². The summed E-state index contributed by atoms with van der Waals surface area (Å²) in [6.45, 7) is 5.43. The van der Waals surface area contributed by atoms with Crippen LogP contribution in [0.4, 0.5) is 0 Å². The zero-order chi connectivity index (χ0) is 15.7. The highest BCUT2D eigenvalue weighted by Crippen LogP contribution is 2.26. The number of nitrogens with two attached hydrogens (primary N) is 1. The van der Waals surface area contributed by atoms with E-state index in [2.05, 4.69) is 0 Å². The van der Waals surface area contributed by atoms with E-state index in [0.29, 0.717) is 32.6 Å². The van der Waals surface area contributed by atoms with Gasteiger partial charge in [-0.15, -0.1) is 12.4 Å². The van der Waals surface area contributed by atoms with Crippen LogP contribution >= 0.6 is 12.4 Å². The van der Waals surface area contributed by atoms with Crippen molar-refractivity contribution in [3.05, 3.63) is 24.3 Å². The third-order valence-corrected chi connectivity index (χ3v) is 3.34. The van der Waals surface area contributed by atoms with E-state index < -0.39 is 0 Å². The number of halogens is 1. The van der Waals surface area contributed by atoms with Crippen molar-refractivity contribution in [2.75, 3.05) is 26.8 Å². The van der Waals surface area contributed by atoms with E-state index in [9.17, 15) is 4.79 Å². The quantitative estimate of drug-likeness (QED) is 0.706. The number of hydrogen-bond donors (Lipinski definition) is 1.